The van der Waals surface area contributed by atoms with Crippen molar-refractivity contribution in [2.45, 2.75) is 58.0 Å². The quantitative estimate of drug-likeness (QED) is 0.832. The lowest BCUT2D eigenvalue weighted by Gasteiger charge is -2.28. The highest BCUT2D eigenvalue weighted by Crippen LogP contribution is 2.31. The second-order valence-electron chi connectivity index (χ2n) is 6.16. The highest BCUT2D eigenvalue weighted by atomic mass is 16.5. The van der Waals surface area contributed by atoms with Crippen LogP contribution < -0.4 is 0 Å². The maximum atomic E-state index is 5.51. The van der Waals surface area contributed by atoms with Crippen LogP contribution in [0.25, 0.3) is 0 Å². The summed E-state index contributed by atoms with van der Waals surface area (Å²) in [5.74, 6) is 1.02. The van der Waals surface area contributed by atoms with E-state index in [0.29, 0.717) is 6.04 Å². The van der Waals surface area contributed by atoms with Gasteiger partial charge in [0.05, 0.1) is 6.04 Å². The van der Waals surface area contributed by atoms with Gasteiger partial charge in [-0.25, -0.2) is 0 Å². The minimum atomic E-state index is 0.380. The Morgan fingerprint density at radius 3 is 2.91 bits per heavy atom. The molecule has 1 atom stereocenters. The molecule has 0 N–H and O–H groups in total. The number of hydrogen-bond acceptors (Lipinski definition) is 4. The van der Waals surface area contributed by atoms with E-state index >= 15 is 0 Å². The van der Waals surface area contributed by atoms with E-state index in [4.69, 9.17) is 4.52 Å². The lowest BCUT2D eigenvalue weighted by atomic mass is 10.1. The van der Waals surface area contributed by atoms with Crippen molar-refractivity contribution in [2.75, 3.05) is 6.54 Å². The molecule has 1 aliphatic rings. The molecular formula is C18H25N3O. The molecular weight excluding hydrogens is 274 g/mol. The largest absolute Gasteiger partial charge is 0.361 e. The van der Waals surface area contributed by atoms with Gasteiger partial charge in [0.1, 0.15) is 11.5 Å². The number of pyridine rings is 1. The Labute approximate surface area is 132 Å². The van der Waals surface area contributed by atoms with E-state index in [-0.39, 0.29) is 0 Å². The fraction of sp³-hybridized carbons (Fsp3) is 0.556. The van der Waals surface area contributed by atoms with E-state index < -0.39 is 0 Å². The van der Waals surface area contributed by atoms with Gasteiger partial charge in [-0.2, -0.15) is 0 Å². The van der Waals surface area contributed by atoms with Crippen LogP contribution in [0.15, 0.2) is 35.1 Å². The van der Waals surface area contributed by atoms with Crippen LogP contribution in [0, 0.1) is 0 Å². The predicted molar refractivity (Wildman–Crippen MR) is 86.4 cm³/mol. The molecule has 0 spiro atoms. The number of rotatable bonds is 5. The molecule has 0 aliphatic carbocycles. The van der Waals surface area contributed by atoms with Crippen molar-refractivity contribution in [3.63, 3.8) is 0 Å². The zero-order chi connectivity index (χ0) is 15.2. The lowest BCUT2D eigenvalue weighted by molar-refractivity contribution is 0.183. The molecule has 22 heavy (non-hydrogen) atoms. The van der Waals surface area contributed by atoms with Gasteiger partial charge in [-0.3, -0.25) is 9.88 Å². The molecule has 0 aromatic carbocycles. The maximum absolute atomic E-state index is 5.51. The molecule has 0 unspecified atom stereocenters. The summed E-state index contributed by atoms with van der Waals surface area (Å²) in [5.41, 5.74) is 2.43. The number of likely N-dealkylation sites (tertiary alicyclic amines) is 1. The van der Waals surface area contributed by atoms with Crippen molar-refractivity contribution >= 4 is 0 Å². The Kier molecular flexibility index (Phi) is 5.22. The van der Waals surface area contributed by atoms with E-state index in [2.05, 4.69) is 40.2 Å². The molecule has 3 rings (SSSR count). The van der Waals surface area contributed by atoms with Crippen molar-refractivity contribution in [1.29, 1.82) is 0 Å². The smallest absolute Gasteiger partial charge is 0.137 e. The molecule has 118 valence electrons. The van der Waals surface area contributed by atoms with Crippen LogP contribution in [0.5, 0.6) is 0 Å². The number of nitrogens with zero attached hydrogens (tertiary/aromatic N) is 3. The molecule has 1 saturated heterocycles. The van der Waals surface area contributed by atoms with E-state index in [1.54, 1.807) is 0 Å². The molecule has 0 bridgehead atoms. The van der Waals surface area contributed by atoms with Crippen LogP contribution in [-0.2, 0) is 13.0 Å². The second kappa shape index (κ2) is 7.54. The maximum Gasteiger partial charge on any atom is 0.137 e. The summed E-state index contributed by atoms with van der Waals surface area (Å²) in [7, 11) is 0. The van der Waals surface area contributed by atoms with Crippen LogP contribution in [0.1, 0.15) is 62.1 Å². The molecule has 2 aromatic rings. The molecule has 1 fully saturated rings. The van der Waals surface area contributed by atoms with Gasteiger partial charge in [-0.15, -0.1) is 0 Å². The van der Waals surface area contributed by atoms with Gasteiger partial charge in [-0.1, -0.05) is 24.9 Å². The number of aromatic nitrogens is 2. The van der Waals surface area contributed by atoms with Gasteiger partial charge in [0.2, 0.25) is 0 Å². The molecule has 1 aliphatic heterocycles. The average molecular weight is 299 g/mol. The van der Waals surface area contributed by atoms with Gasteiger partial charge in [-0.05, 0) is 43.5 Å². The first-order valence-electron chi connectivity index (χ1n) is 8.45. The zero-order valence-corrected chi connectivity index (χ0v) is 13.4. The summed E-state index contributed by atoms with van der Waals surface area (Å²) in [6.45, 7) is 4.26. The van der Waals surface area contributed by atoms with Crippen LogP contribution in [0.4, 0.5) is 0 Å². The normalized spacial score (nSPS) is 20.0. The summed E-state index contributed by atoms with van der Waals surface area (Å²) < 4.78 is 5.51. The lowest BCUT2D eigenvalue weighted by Crippen LogP contribution is -2.28. The Bertz CT molecular complexity index is 567. The summed E-state index contributed by atoms with van der Waals surface area (Å²) in [5, 5.41) is 4.36. The minimum absolute atomic E-state index is 0.380. The first-order chi connectivity index (χ1) is 10.9. The van der Waals surface area contributed by atoms with Crippen LogP contribution in [0.2, 0.25) is 0 Å². The molecule has 4 nitrogen and oxygen atoms in total. The van der Waals surface area contributed by atoms with Crippen LogP contribution in [0.3, 0.4) is 0 Å². The average Bonchev–Trinajstić information content (AvgIpc) is 2.88. The summed E-state index contributed by atoms with van der Waals surface area (Å²) in [6.07, 6.45) is 10.8. The van der Waals surface area contributed by atoms with Gasteiger partial charge >= 0.3 is 0 Å². The fourth-order valence-electron chi connectivity index (χ4n) is 3.26. The van der Waals surface area contributed by atoms with Crippen molar-refractivity contribution in [2.24, 2.45) is 0 Å². The summed E-state index contributed by atoms with van der Waals surface area (Å²) >= 11 is 0. The van der Waals surface area contributed by atoms with Crippen LogP contribution in [-0.4, -0.2) is 21.6 Å². The Hall–Kier alpha value is -1.68. The third-order valence-electron chi connectivity index (χ3n) is 4.41. The first kappa shape index (κ1) is 15.2. The molecule has 0 radical (unpaired) electrons. The zero-order valence-electron chi connectivity index (χ0n) is 13.4. The number of hydrogen-bond donors (Lipinski definition) is 0. The highest BCUT2D eigenvalue weighted by Gasteiger charge is 2.25. The van der Waals surface area contributed by atoms with Gasteiger partial charge in [0.25, 0.3) is 0 Å². The minimum Gasteiger partial charge on any atom is -0.361 e. The molecule has 2 aromatic heterocycles. The Morgan fingerprint density at radius 1 is 1.23 bits per heavy atom. The summed E-state index contributed by atoms with van der Waals surface area (Å²) in [6, 6.07) is 6.75. The fourth-order valence-corrected chi connectivity index (χ4v) is 3.26. The van der Waals surface area contributed by atoms with E-state index in [1.807, 2.05) is 12.4 Å². The molecule has 0 amide bonds. The topological polar surface area (TPSA) is 42.2 Å². The van der Waals surface area contributed by atoms with Gasteiger partial charge in [0.15, 0.2) is 0 Å². The van der Waals surface area contributed by atoms with Crippen molar-refractivity contribution in [3.8, 4) is 0 Å². The molecule has 3 heterocycles. The summed E-state index contributed by atoms with van der Waals surface area (Å²) in [4.78, 5) is 6.66. The monoisotopic (exact) mass is 299 g/mol. The second-order valence-corrected chi connectivity index (χ2v) is 6.16. The Morgan fingerprint density at radius 2 is 2.09 bits per heavy atom. The first-order valence-corrected chi connectivity index (χ1v) is 8.45. The van der Waals surface area contributed by atoms with E-state index in [9.17, 15) is 0 Å². The third kappa shape index (κ3) is 3.74. The molecule has 4 heteroatoms. The van der Waals surface area contributed by atoms with Gasteiger partial charge in [0, 0.05) is 31.4 Å². The predicted octanol–water partition coefficient (Wildman–Crippen LogP) is 4.14. The highest BCUT2D eigenvalue weighted by molar-refractivity contribution is 5.14. The number of aryl methyl sites for hydroxylation is 1. The third-order valence-corrected chi connectivity index (χ3v) is 4.41. The van der Waals surface area contributed by atoms with Crippen molar-refractivity contribution in [1.82, 2.24) is 15.0 Å². The standard InChI is InChI=1S/C18H25N3O/c1-2-6-16-13-17(20-22-16)18-7-4-3-5-12-21(18)14-15-8-10-19-11-9-15/h8-11,13,18H,2-7,12,14H2,1H3/t18-/m1/s1. The molecule has 0 saturated carbocycles. The SMILES string of the molecule is CCCc1cc([C@H]2CCCCCN2Cc2ccncc2)no1. The van der Waals surface area contributed by atoms with Gasteiger partial charge < -0.3 is 4.52 Å². The van der Waals surface area contributed by atoms with Crippen molar-refractivity contribution in [3.05, 3.63) is 47.6 Å². The van der Waals surface area contributed by atoms with E-state index in [1.165, 1.54) is 31.2 Å². The van der Waals surface area contributed by atoms with Crippen LogP contribution >= 0.6 is 0 Å². The Balaban J connectivity index is 1.77. The van der Waals surface area contributed by atoms with Crippen molar-refractivity contribution < 1.29 is 4.52 Å². The van der Waals surface area contributed by atoms with E-state index in [0.717, 1.165) is 37.4 Å².